The lowest BCUT2D eigenvalue weighted by molar-refractivity contribution is -0.138. The number of para-hydroxylation sites is 1. The molecule has 0 aliphatic rings. The van der Waals surface area contributed by atoms with Crippen molar-refractivity contribution in [2.24, 2.45) is 0 Å². The highest BCUT2D eigenvalue weighted by molar-refractivity contribution is 5.73. The molecule has 4 nitrogen and oxygen atoms in total. The van der Waals surface area contributed by atoms with Crippen molar-refractivity contribution in [1.82, 2.24) is 5.43 Å². The molecule has 13 heavy (non-hydrogen) atoms. The minimum absolute atomic E-state index is 0.611. The SMILES string of the molecule is CC(NNc1ccccc1)C(=O)O. The second-order valence-corrected chi connectivity index (χ2v) is 2.70. The number of carboxylic acids is 1. The molecule has 0 aliphatic heterocycles. The largest absolute Gasteiger partial charge is 0.480 e. The average Bonchev–Trinajstić information content (AvgIpc) is 2.15. The molecule has 0 amide bonds. The summed E-state index contributed by atoms with van der Waals surface area (Å²) in [5, 5.41) is 8.56. The molecule has 1 aromatic rings. The summed E-state index contributed by atoms with van der Waals surface area (Å²) in [5.41, 5.74) is 6.29. The first-order chi connectivity index (χ1) is 6.20. The minimum atomic E-state index is -0.886. The Kier molecular flexibility index (Phi) is 3.28. The van der Waals surface area contributed by atoms with Crippen LogP contribution in [0.2, 0.25) is 0 Å². The summed E-state index contributed by atoms with van der Waals surface area (Å²) in [6.07, 6.45) is 0. The van der Waals surface area contributed by atoms with Crippen molar-refractivity contribution in [3.8, 4) is 0 Å². The van der Waals surface area contributed by atoms with E-state index in [4.69, 9.17) is 5.11 Å². The van der Waals surface area contributed by atoms with E-state index in [0.29, 0.717) is 0 Å². The highest BCUT2D eigenvalue weighted by atomic mass is 16.4. The molecule has 0 radical (unpaired) electrons. The monoisotopic (exact) mass is 180 g/mol. The van der Waals surface area contributed by atoms with E-state index in [2.05, 4.69) is 10.9 Å². The fourth-order valence-electron chi connectivity index (χ4n) is 0.775. The van der Waals surface area contributed by atoms with Crippen molar-refractivity contribution in [3.63, 3.8) is 0 Å². The number of anilines is 1. The first-order valence-corrected chi connectivity index (χ1v) is 3.99. The molecule has 1 unspecified atom stereocenters. The number of benzene rings is 1. The molecule has 1 atom stereocenters. The highest BCUT2D eigenvalue weighted by Gasteiger charge is 2.08. The maximum absolute atomic E-state index is 10.4. The predicted molar refractivity (Wildman–Crippen MR) is 50.3 cm³/mol. The van der Waals surface area contributed by atoms with Gasteiger partial charge in [-0.25, -0.2) is 5.43 Å². The van der Waals surface area contributed by atoms with E-state index in [1.165, 1.54) is 0 Å². The third kappa shape index (κ3) is 3.13. The zero-order valence-electron chi connectivity index (χ0n) is 7.32. The number of hydrogen-bond donors (Lipinski definition) is 3. The molecule has 0 aromatic heterocycles. The van der Waals surface area contributed by atoms with Gasteiger partial charge in [-0.15, -0.1) is 0 Å². The number of carboxylic acid groups (broad SMARTS) is 1. The van der Waals surface area contributed by atoms with Gasteiger partial charge in [0.2, 0.25) is 0 Å². The summed E-state index contributed by atoms with van der Waals surface area (Å²) in [4.78, 5) is 10.4. The number of nitrogens with one attached hydrogen (secondary N) is 2. The molecule has 0 heterocycles. The van der Waals surface area contributed by atoms with Crippen LogP contribution in [0.3, 0.4) is 0 Å². The second-order valence-electron chi connectivity index (χ2n) is 2.70. The van der Waals surface area contributed by atoms with E-state index in [-0.39, 0.29) is 0 Å². The van der Waals surface area contributed by atoms with E-state index in [1.807, 2.05) is 30.3 Å². The minimum Gasteiger partial charge on any atom is -0.480 e. The number of hydrazine groups is 1. The van der Waals surface area contributed by atoms with Crippen LogP contribution in [0.4, 0.5) is 5.69 Å². The Bertz CT molecular complexity index is 274. The van der Waals surface area contributed by atoms with Gasteiger partial charge < -0.3 is 10.5 Å². The van der Waals surface area contributed by atoms with Crippen molar-refractivity contribution in [3.05, 3.63) is 30.3 Å². The van der Waals surface area contributed by atoms with E-state index in [9.17, 15) is 4.79 Å². The third-order valence-corrected chi connectivity index (χ3v) is 1.58. The molecule has 1 rings (SSSR count). The van der Waals surface area contributed by atoms with Gasteiger partial charge in [-0.05, 0) is 19.1 Å². The number of hydrogen-bond acceptors (Lipinski definition) is 3. The van der Waals surface area contributed by atoms with Crippen LogP contribution in [0.15, 0.2) is 30.3 Å². The Morgan fingerprint density at radius 1 is 1.38 bits per heavy atom. The lowest BCUT2D eigenvalue weighted by atomic mass is 10.3. The van der Waals surface area contributed by atoms with E-state index in [0.717, 1.165) is 5.69 Å². The first kappa shape index (κ1) is 9.54. The predicted octanol–water partition coefficient (Wildman–Crippen LogP) is 1.08. The Balaban J connectivity index is 2.39. The maximum Gasteiger partial charge on any atom is 0.322 e. The Hall–Kier alpha value is -1.55. The van der Waals surface area contributed by atoms with E-state index in [1.54, 1.807) is 6.92 Å². The summed E-state index contributed by atoms with van der Waals surface area (Å²) in [7, 11) is 0. The standard InChI is InChI=1S/C9H12N2O2/c1-7(9(12)13)10-11-8-5-3-2-4-6-8/h2-7,10-11H,1H3,(H,12,13). The second kappa shape index (κ2) is 4.47. The zero-order valence-corrected chi connectivity index (χ0v) is 7.32. The van der Waals surface area contributed by atoms with Crippen molar-refractivity contribution in [2.45, 2.75) is 13.0 Å². The van der Waals surface area contributed by atoms with Crippen LogP contribution < -0.4 is 10.9 Å². The smallest absolute Gasteiger partial charge is 0.322 e. The van der Waals surface area contributed by atoms with Crippen LogP contribution in [0.1, 0.15) is 6.92 Å². The lowest BCUT2D eigenvalue weighted by Gasteiger charge is -2.11. The van der Waals surface area contributed by atoms with Crippen LogP contribution in [0, 0.1) is 0 Å². The fourth-order valence-corrected chi connectivity index (χ4v) is 0.775. The molecule has 0 spiro atoms. The van der Waals surface area contributed by atoms with E-state index < -0.39 is 12.0 Å². The summed E-state index contributed by atoms with van der Waals surface area (Å²) in [5.74, 6) is -0.886. The molecule has 0 bridgehead atoms. The molecule has 4 heteroatoms. The third-order valence-electron chi connectivity index (χ3n) is 1.58. The van der Waals surface area contributed by atoms with Crippen molar-refractivity contribution >= 4 is 11.7 Å². The molecule has 0 saturated carbocycles. The Morgan fingerprint density at radius 3 is 2.54 bits per heavy atom. The molecule has 3 N–H and O–H groups in total. The fraction of sp³-hybridized carbons (Fsp3) is 0.222. The molecule has 0 saturated heterocycles. The molecule has 0 fully saturated rings. The van der Waals surface area contributed by atoms with Gasteiger partial charge in [0.05, 0.1) is 0 Å². The lowest BCUT2D eigenvalue weighted by Crippen LogP contribution is -2.37. The van der Waals surface area contributed by atoms with Gasteiger partial charge in [0.15, 0.2) is 0 Å². The van der Waals surface area contributed by atoms with Crippen molar-refractivity contribution in [1.29, 1.82) is 0 Å². The van der Waals surface area contributed by atoms with Crippen LogP contribution in [-0.2, 0) is 4.79 Å². The van der Waals surface area contributed by atoms with Gasteiger partial charge in [-0.3, -0.25) is 4.79 Å². The molecular weight excluding hydrogens is 168 g/mol. The zero-order chi connectivity index (χ0) is 9.68. The number of carbonyl (C=O) groups is 1. The number of rotatable bonds is 4. The van der Waals surface area contributed by atoms with Gasteiger partial charge in [-0.1, -0.05) is 18.2 Å². The molecule has 70 valence electrons. The van der Waals surface area contributed by atoms with Crippen molar-refractivity contribution in [2.75, 3.05) is 5.43 Å². The summed E-state index contributed by atoms with van der Waals surface area (Å²) >= 11 is 0. The van der Waals surface area contributed by atoms with Crippen LogP contribution in [0.25, 0.3) is 0 Å². The maximum atomic E-state index is 10.4. The van der Waals surface area contributed by atoms with Gasteiger partial charge in [0, 0.05) is 5.69 Å². The first-order valence-electron chi connectivity index (χ1n) is 3.99. The van der Waals surface area contributed by atoms with Crippen LogP contribution >= 0.6 is 0 Å². The van der Waals surface area contributed by atoms with Gasteiger partial charge in [0.1, 0.15) is 6.04 Å². The quantitative estimate of drug-likeness (QED) is 0.607. The topological polar surface area (TPSA) is 61.4 Å². The molecular formula is C9H12N2O2. The molecule has 1 aromatic carbocycles. The van der Waals surface area contributed by atoms with Crippen molar-refractivity contribution < 1.29 is 9.90 Å². The summed E-state index contributed by atoms with van der Waals surface area (Å²) < 4.78 is 0. The van der Waals surface area contributed by atoms with Crippen LogP contribution in [0.5, 0.6) is 0 Å². The van der Waals surface area contributed by atoms with Gasteiger partial charge in [-0.2, -0.15) is 0 Å². The van der Waals surface area contributed by atoms with E-state index >= 15 is 0 Å². The van der Waals surface area contributed by atoms with Gasteiger partial charge >= 0.3 is 5.97 Å². The van der Waals surface area contributed by atoms with Crippen LogP contribution in [-0.4, -0.2) is 17.1 Å². The molecule has 0 aliphatic carbocycles. The highest BCUT2D eigenvalue weighted by Crippen LogP contribution is 2.02. The average molecular weight is 180 g/mol. The normalized spacial score (nSPS) is 12.1. The number of aliphatic carboxylic acids is 1. The van der Waals surface area contributed by atoms with Gasteiger partial charge in [0.25, 0.3) is 0 Å². The summed E-state index contributed by atoms with van der Waals surface area (Å²) in [6.45, 7) is 1.57. The Morgan fingerprint density at radius 2 is 2.00 bits per heavy atom. The summed E-state index contributed by atoms with van der Waals surface area (Å²) in [6, 6.07) is 8.72. The Labute approximate surface area is 76.6 Å².